The molecule has 7 heteroatoms. The molecule has 0 atom stereocenters. The lowest BCUT2D eigenvalue weighted by Crippen LogP contribution is -2.40. The number of nitrogens with zero attached hydrogens (tertiary/aromatic N) is 3. The summed E-state index contributed by atoms with van der Waals surface area (Å²) in [5.41, 5.74) is 6.48. The minimum Gasteiger partial charge on any atom is -0.397 e. The standard InChI is InChI=1S/C14H18N4O2S/c1-4-18(8-10(19)17(2)3)14(20)12-11(15)9-6-5-7-16-13(9)21-12/h5-7H,4,8,15H2,1-3H3. The summed E-state index contributed by atoms with van der Waals surface area (Å²) in [6.45, 7) is 2.32. The average Bonchev–Trinajstić information content (AvgIpc) is 2.81. The first kappa shape index (κ1) is 15.2. The first-order chi connectivity index (χ1) is 9.95. The second-order valence-electron chi connectivity index (χ2n) is 4.81. The maximum absolute atomic E-state index is 12.6. The van der Waals surface area contributed by atoms with Gasteiger partial charge in [-0.15, -0.1) is 11.3 Å². The Hall–Kier alpha value is -2.15. The van der Waals surface area contributed by atoms with Gasteiger partial charge in [-0.3, -0.25) is 9.59 Å². The van der Waals surface area contributed by atoms with E-state index in [1.807, 2.05) is 13.0 Å². The molecule has 0 spiro atoms. The van der Waals surface area contributed by atoms with Crippen molar-refractivity contribution in [2.45, 2.75) is 6.92 Å². The first-order valence-corrected chi connectivity index (χ1v) is 7.39. The Balaban J connectivity index is 2.31. The predicted octanol–water partition coefficient (Wildman–Crippen LogP) is 1.43. The number of nitrogens with two attached hydrogens (primary N) is 1. The SMILES string of the molecule is CCN(CC(=O)N(C)C)C(=O)c1sc2ncccc2c1N. The zero-order chi connectivity index (χ0) is 15.6. The summed E-state index contributed by atoms with van der Waals surface area (Å²) in [4.78, 5) is 32.7. The molecule has 0 aliphatic rings. The Morgan fingerprint density at radius 1 is 1.38 bits per heavy atom. The van der Waals surface area contributed by atoms with Crippen LogP contribution >= 0.6 is 11.3 Å². The van der Waals surface area contributed by atoms with E-state index in [1.54, 1.807) is 26.4 Å². The molecule has 0 saturated carbocycles. The molecule has 0 aliphatic carbocycles. The van der Waals surface area contributed by atoms with E-state index >= 15 is 0 Å². The minimum atomic E-state index is -0.229. The number of likely N-dealkylation sites (N-methyl/N-ethyl adjacent to an activating group) is 2. The summed E-state index contributed by atoms with van der Waals surface area (Å²) in [6.07, 6.45) is 1.67. The number of carbonyl (C=O) groups excluding carboxylic acids is 2. The third kappa shape index (κ3) is 2.97. The first-order valence-electron chi connectivity index (χ1n) is 6.58. The van der Waals surface area contributed by atoms with Crippen molar-refractivity contribution in [1.29, 1.82) is 0 Å². The van der Waals surface area contributed by atoms with Gasteiger partial charge in [-0.2, -0.15) is 0 Å². The summed E-state index contributed by atoms with van der Waals surface area (Å²) in [6, 6.07) is 3.62. The molecule has 2 aromatic rings. The number of rotatable bonds is 4. The van der Waals surface area contributed by atoms with Crippen molar-refractivity contribution >= 4 is 39.1 Å². The van der Waals surface area contributed by atoms with Crippen LogP contribution in [-0.4, -0.2) is 53.8 Å². The Labute approximate surface area is 127 Å². The van der Waals surface area contributed by atoms with Crippen LogP contribution in [0.25, 0.3) is 10.2 Å². The number of aromatic nitrogens is 1. The Bertz CT molecular complexity index is 681. The zero-order valence-corrected chi connectivity index (χ0v) is 13.1. The van der Waals surface area contributed by atoms with E-state index in [9.17, 15) is 9.59 Å². The van der Waals surface area contributed by atoms with Crippen molar-refractivity contribution in [3.63, 3.8) is 0 Å². The van der Waals surface area contributed by atoms with Gasteiger partial charge in [0.25, 0.3) is 5.91 Å². The van der Waals surface area contributed by atoms with Gasteiger partial charge in [-0.25, -0.2) is 4.98 Å². The molecule has 6 nitrogen and oxygen atoms in total. The summed E-state index contributed by atoms with van der Waals surface area (Å²) in [5, 5.41) is 0.779. The van der Waals surface area contributed by atoms with E-state index < -0.39 is 0 Å². The van der Waals surface area contributed by atoms with Crippen LogP contribution in [0.3, 0.4) is 0 Å². The number of carbonyl (C=O) groups is 2. The molecule has 2 aromatic heterocycles. The number of hydrogen-bond donors (Lipinski definition) is 1. The fraction of sp³-hybridized carbons (Fsp3) is 0.357. The molecule has 0 aliphatic heterocycles. The lowest BCUT2D eigenvalue weighted by atomic mass is 10.2. The highest BCUT2D eigenvalue weighted by Gasteiger charge is 2.23. The number of hydrogen-bond acceptors (Lipinski definition) is 5. The van der Waals surface area contributed by atoms with Crippen LogP contribution in [0.2, 0.25) is 0 Å². The van der Waals surface area contributed by atoms with Crippen molar-refractivity contribution in [2.24, 2.45) is 0 Å². The second-order valence-corrected chi connectivity index (χ2v) is 5.81. The van der Waals surface area contributed by atoms with Crippen LogP contribution in [0.4, 0.5) is 5.69 Å². The van der Waals surface area contributed by atoms with Crippen LogP contribution in [0, 0.1) is 0 Å². The van der Waals surface area contributed by atoms with E-state index in [0.717, 1.165) is 10.2 Å². The van der Waals surface area contributed by atoms with Crippen LogP contribution in [0.1, 0.15) is 16.6 Å². The number of fused-ring (bicyclic) bond motifs is 1. The van der Waals surface area contributed by atoms with Gasteiger partial charge in [0.1, 0.15) is 16.3 Å². The fourth-order valence-corrected chi connectivity index (χ4v) is 2.92. The maximum Gasteiger partial charge on any atom is 0.266 e. The van der Waals surface area contributed by atoms with Crippen molar-refractivity contribution in [3.8, 4) is 0 Å². The van der Waals surface area contributed by atoms with Gasteiger partial charge in [0, 0.05) is 32.2 Å². The largest absolute Gasteiger partial charge is 0.397 e. The quantitative estimate of drug-likeness (QED) is 0.926. The normalized spacial score (nSPS) is 10.6. The molecule has 0 radical (unpaired) electrons. The number of nitrogen functional groups attached to an aromatic ring is 1. The number of anilines is 1. The summed E-state index contributed by atoms with van der Waals surface area (Å²) < 4.78 is 0. The molecule has 21 heavy (non-hydrogen) atoms. The summed E-state index contributed by atoms with van der Waals surface area (Å²) in [5.74, 6) is -0.351. The van der Waals surface area contributed by atoms with E-state index in [2.05, 4.69) is 4.98 Å². The number of amides is 2. The molecule has 0 aromatic carbocycles. The van der Waals surface area contributed by atoms with Gasteiger partial charge in [0.05, 0.1) is 5.69 Å². The van der Waals surface area contributed by atoms with Gasteiger partial charge < -0.3 is 15.5 Å². The van der Waals surface area contributed by atoms with E-state index in [4.69, 9.17) is 5.73 Å². The third-order valence-electron chi connectivity index (χ3n) is 3.19. The van der Waals surface area contributed by atoms with Crippen LogP contribution in [0.15, 0.2) is 18.3 Å². The molecule has 2 amide bonds. The molecule has 0 fully saturated rings. The van der Waals surface area contributed by atoms with E-state index in [1.165, 1.54) is 21.1 Å². The second kappa shape index (κ2) is 6.09. The number of pyridine rings is 1. The highest BCUT2D eigenvalue weighted by Crippen LogP contribution is 2.32. The molecule has 2 N–H and O–H groups in total. The smallest absolute Gasteiger partial charge is 0.266 e. The van der Waals surface area contributed by atoms with Crippen molar-refractivity contribution < 1.29 is 9.59 Å². The van der Waals surface area contributed by atoms with Gasteiger partial charge in [-0.05, 0) is 19.1 Å². The number of thiophene rings is 1. The lowest BCUT2D eigenvalue weighted by Gasteiger charge is -2.21. The predicted molar refractivity (Wildman–Crippen MR) is 84.3 cm³/mol. The molecule has 112 valence electrons. The molecular weight excluding hydrogens is 288 g/mol. The zero-order valence-electron chi connectivity index (χ0n) is 12.3. The Morgan fingerprint density at radius 3 is 2.67 bits per heavy atom. The Morgan fingerprint density at radius 2 is 2.10 bits per heavy atom. The van der Waals surface area contributed by atoms with Gasteiger partial charge in [-0.1, -0.05) is 0 Å². The molecule has 0 saturated heterocycles. The molecule has 0 bridgehead atoms. The van der Waals surface area contributed by atoms with Crippen molar-refractivity contribution in [3.05, 3.63) is 23.2 Å². The highest BCUT2D eigenvalue weighted by atomic mass is 32.1. The lowest BCUT2D eigenvalue weighted by molar-refractivity contribution is -0.129. The fourth-order valence-electron chi connectivity index (χ4n) is 1.89. The Kier molecular flexibility index (Phi) is 4.42. The molecule has 2 rings (SSSR count). The van der Waals surface area contributed by atoms with E-state index in [0.29, 0.717) is 17.1 Å². The van der Waals surface area contributed by atoms with Crippen LogP contribution < -0.4 is 5.73 Å². The van der Waals surface area contributed by atoms with Crippen molar-refractivity contribution in [1.82, 2.24) is 14.8 Å². The average molecular weight is 306 g/mol. The van der Waals surface area contributed by atoms with Crippen LogP contribution in [0.5, 0.6) is 0 Å². The van der Waals surface area contributed by atoms with Gasteiger partial charge in [0.2, 0.25) is 5.91 Å². The van der Waals surface area contributed by atoms with Crippen molar-refractivity contribution in [2.75, 3.05) is 32.9 Å². The molecule has 2 heterocycles. The summed E-state index contributed by atoms with van der Waals surface area (Å²) in [7, 11) is 3.33. The molecular formula is C14H18N4O2S. The van der Waals surface area contributed by atoms with Gasteiger partial charge in [0.15, 0.2) is 0 Å². The van der Waals surface area contributed by atoms with E-state index in [-0.39, 0.29) is 18.4 Å². The topological polar surface area (TPSA) is 79.5 Å². The minimum absolute atomic E-state index is 0.0451. The monoisotopic (exact) mass is 306 g/mol. The van der Waals surface area contributed by atoms with Crippen LogP contribution in [-0.2, 0) is 4.79 Å². The maximum atomic E-state index is 12.6. The molecule has 0 unspecified atom stereocenters. The highest BCUT2D eigenvalue weighted by molar-refractivity contribution is 7.21. The van der Waals surface area contributed by atoms with Gasteiger partial charge >= 0.3 is 0 Å². The summed E-state index contributed by atoms with van der Waals surface area (Å²) >= 11 is 1.26. The third-order valence-corrected chi connectivity index (χ3v) is 4.31.